The van der Waals surface area contributed by atoms with E-state index in [9.17, 15) is 4.79 Å². The van der Waals surface area contributed by atoms with Crippen molar-refractivity contribution in [2.45, 2.75) is 19.4 Å². The van der Waals surface area contributed by atoms with Gasteiger partial charge in [-0.3, -0.25) is 9.69 Å². The van der Waals surface area contributed by atoms with Crippen LogP contribution in [0.2, 0.25) is 0 Å². The molecule has 0 bridgehead atoms. The molecule has 6 rings (SSSR count). The summed E-state index contributed by atoms with van der Waals surface area (Å²) < 4.78 is 5.40. The van der Waals surface area contributed by atoms with Crippen LogP contribution in [0.1, 0.15) is 18.4 Å². The maximum Gasteiger partial charge on any atom is 0.230 e. The molecule has 2 fully saturated rings. The van der Waals surface area contributed by atoms with Gasteiger partial charge in [-0.2, -0.15) is 0 Å². The van der Waals surface area contributed by atoms with Gasteiger partial charge in [0, 0.05) is 51.9 Å². The summed E-state index contributed by atoms with van der Waals surface area (Å²) in [4.78, 5) is 28.8. The Morgan fingerprint density at radius 1 is 0.897 bits per heavy atom. The lowest BCUT2D eigenvalue weighted by Crippen LogP contribution is -2.46. The van der Waals surface area contributed by atoms with E-state index in [4.69, 9.17) is 4.42 Å². The minimum absolute atomic E-state index is 0.0304. The first-order chi connectivity index (χ1) is 19.2. The van der Waals surface area contributed by atoms with Gasteiger partial charge in [-0.15, -0.1) is 10.2 Å². The fourth-order valence-corrected chi connectivity index (χ4v) is 5.24. The first-order valence-electron chi connectivity index (χ1n) is 13.5. The van der Waals surface area contributed by atoms with Crippen LogP contribution in [0.4, 0.5) is 17.5 Å². The molecule has 200 valence electrons. The highest BCUT2D eigenvalue weighted by Gasteiger charge is 2.27. The number of nitrogens with one attached hydrogen (secondary N) is 1. The molecule has 1 aromatic carbocycles. The SMILES string of the molecule is O=C(Nc1cc(N2CCN(Cc3ccccc3)CC2)ncn1)C1CCCN(c2ccc(-c3ccco3)nn2)C1. The lowest BCUT2D eigenvalue weighted by atomic mass is 9.97. The first-order valence-corrected chi connectivity index (χ1v) is 13.5. The zero-order valence-corrected chi connectivity index (χ0v) is 21.8. The maximum atomic E-state index is 13.2. The smallest absolute Gasteiger partial charge is 0.230 e. The highest BCUT2D eigenvalue weighted by molar-refractivity contribution is 5.92. The fraction of sp³-hybridized carbons (Fsp3) is 0.345. The lowest BCUT2D eigenvalue weighted by Gasteiger charge is -2.35. The number of carbonyl (C=O) groups excluding carboxylic acids is 1. The molecule has 0 spiro atoms. The van der Waals surface area contributed by atoms with Crippen LogP contribution < -0.4 is 15.1 Å². The molecule has 1 unspecified atom stereocenters. The van der Waals surface area contributed by atoms with E-state index in [0.717, 1.165) is 63.7 Å². The maximum absolute atomic E-state index is 13.2. The Bertz CT molecular complexity index is 1360. The van der Waals surface area contributed by atoms with Crippen LogP contribution in [0.25, 0.3) is 11.5 Å². The Hall–Kier alpha value is -4.31. The number of amides is 1. The number of hydrogen-bond acceptors (Lipinski definition) is 9. The van der Waals surface area contributed by atoms with E-state index in [0.29, 0.717) is 23.8 Å². The van der Waals surface area contributed by atoms with E-state index in [1.807, 2.05) is 36.4 Å². The van der Waals surface area contributed by atoms with Crippen molar-refractivity contribution < 1.29 is 9.21 Å². The van der Waals surface area contributed by atoms with Crippen molar-refractivity contribution in [1.29, 1.82) is 0 Å². The Kier molecular flexibility index (Phi) is 7.44. The normalized spacial score (nSPS) is 18.2. The summed E-state index contributed by atoms with van der Waals surface area (Å²) in [6.07, 6.45) is 4.88. The van der Waals surface area contributed by atoms with Crippen LogP contribution in [0.3, 0.4) is 0 Å². The standard InChI is InChI=1S/C29H32N8O2/c38-29(23-8-4-12-37(20-23)27-11-10-24(33-34-27)25-9-5-17-39-25)32-26-18-28(31-21-30-26)36-15-13-35(14-16-36)19-22-6-2-1-3-7-22/h1-3,5-7,9-11,17-18,21,23H,4,8,12-16,19-20H2,(H,30,31,32,38). The monoisotopic (exact) mass is 524 g/mol. The molecule has 0 saturated carbocycles. The second kappa shape index (κ2) is 11.6. The molecule has 4 aromatic rings. The van der Waals surface area contributed by atoms with Crippen molar-refractivity contribution in [3.63, 3.8) is 0 Å². The summed E-state index contributed by atoms with van der Waals surface area (Å²) in [5.41, 5.74) is 2.02. The second-order valence-corrected chi connectivity index (χ2v) is 10.0. The Morgan fingerprint density at radius 3 is 2.54 bits per heavy atom. The van der Waals surface area contributed by atoms with E-state index < -0.39 is 0 Å². The quantitative estimate of drug-likeness (QED) is 0.388. The number of piperidine rings is 1. The Balaban J connectivity index is 1.03. The molecule has 1 N–H and O–H groups in total. The molecule has 39 heavy (non-hydrogen) atoms. The van der Waals surface area contributed by atoms with Crippen LogP contribution in [-0.2, 0) is 11.3 Å². The Labute approximate surface area is 227 Å². The molecule has 0 radical (unpaired) electrons. The number of aromatic nitrogens is 4. The third-order valence-electron chi connectivity index (χ3n) is 7.39. The van der Waals surface area contributed by atoms with Gasteiger partial charge in [0.1, 0.15) is 23.7 Å². The molecule has 1 atom stereocenters. The molecular weight excluding hydrogens is 492 g/mol. The molecule has 10 heteroatoms. The van der Waals surface area contributed by atoms with Crippen LogP contribution in [0, 0.1) is 5.92 Å². The summed E-state index contributed by atoms with van der Waals surface area (Å²) in [5, 5.41) is 11.7. The summed E-state index contributed by atoms with van der Waals surface area (Å²) in [7, 11) is 0. The zero-order valence-electron chi connectivity index (χ0n) is 21.8. The van der Waals surface area contributed by atoms with E-state index >= 15 is 0 Å². The molecule has 2 aliphatic heterocycles. The fourth-order valence-electron chi connectivity index (χ4n) is 5.24. The summed E-state index contributed by atoms with van der Waals surface area (Å²) in [5.74, 6) is 2.64. The number of carbonyl (C=O) groups is 1. The van der Waals surface area contributed by atoms with Gasteiger partial charge in [0.05, 0.1) is 12.2 Å². The summed E-state index contributed by atoms with van der Waals surface area (Å²) in [6.45, 7) is 6.07. The molecule has 2 saturated heterocycles. The van der Waals surface area contributed by atoms with Gasteiger partial charge in [0.2, 0.25) is 5.91 Å². The van der Waals surface area contributed by atoms with Crippen LogP contribution in [0.15, 0.2) is 77.7 Å². The number of anilines is 3. The molecule has 2 aliphatic rings. The third-order valence-corrected chi connectivity index (χ3v) is 7.39. The highest BCUT2D eigenvalue weighted by Crippen LogP contribution is 2.25. The second-order valence-electron chi connectivity index (χ2n) is 10.0. The van der Waals surface area contributed by atoms with E-state index in [1.54, 1.807) is 6.26 Å². The highest BCUT2D eigenvalue weighted by atomic mass is 16.3. The van der Waals surface area contributed by atoms with Crippen LogP contribution in [-0.4, -0.2) is 70.2 Å². The minimum atomic E-state index is -0.162. The number of hydrogen-bond donors (Lipinski definition) is 1. The number of rotatable bonds is 7. The number of benzene rings is 1. The van der Waals surface area contributed by atoms with Crippen molar-refractivity contribution in [3.8, 4) is 11.5 Å². The lowest BCUT2D eigenvalue weighted by molar-refractivity contribution is -0.120. The predicted octanol–water partition coefficient (Wildman–Crippen LogP) is 3.70. The van der Waals surface area contributed by atoms with Crippen molar-refractivity contribution in [2.24, 2.45) is 5.92 Å². The molecule has 1 amide bonds. The largest absolute Gasteiger partial charge is 0.463 e. The average Bonchev–Trinajstić information content (AvgIpc) is 3.54. The number of piperazine rings is 1. The van der Waals surface area contributed by atoms with Crippen molar-refractivity contribution in [2.75, 3.05) is 54.4 Å². The number of furan rings is 1. The number of nitrogens with zero attached hydrogens (tertiary/aromatic N) is 7. The molecule has 10 nitrogen and oxygen atoms in total. The van der Waals surface area contributed by atoms with E-state index in [2.05, 4.69) is 64.4 Å². The van der Waals surface area contributed by atoms with Gasteiger partial charge < -0.3 is 19.5 Å². The average molecular weight is 525 g/mol. The zero-order chi connectivity index (χ0) is 26.4. The summed E-state index contributed by atoms with van der Waals surface area (Å²) in [6, 6.07) is 19.9. The molecular formula is C29H32N8O2. The van der Waals surface area contributed by atoms with Gasteiger partial charge in [-0.25, -0.2) is 9.97 Å². The van der Waals surface area contributed by atoms with Crippen molar-refractivity contribution in [1.82, 2.24) is 25.1 Å². The summed E-state index contributed by atoms with van der Waals surface area (Å²) >= 11 is 0. The molecule has 3 aromatic heterocycles. The van der Waals surface area contributed by atoms with Gasteiger partial charge >= 0.3 is 0 Å². The van der Waals surface area contributed by atoms with E-state index in [1.165, 1.54) is 11.9 Å². The minimum Gasteiger partial charge on any atom is -0.463 e. The third kappa shape index (κ3) is 6.06. The van der Waals surface area contributed by atoms with Gasteiger partial charge in [0.25, 0.3) is 0 Å². The Morgan fingerprint density at radius 2 is 1.77 bits per heavy atom. The molecule has 0 aliphatic carbocycles. The van der Waals surface area contributed by atoms with Crippen molar-refractivity contribution in [3.05, 3.63) is 78.8 Å². The van der Waals surface area contributed by atoms with Crippen LogP contribution >= 0.6 is 0 Å². The van der Waals surface area contributed by atoms with Gasteiger partial charge in [-0.05, 0) is 42.7 Å². The first kappa shape index (κ1) is 25.0. The topological polar surface area (TPSA) is 104 Å². The van der Waals surface area contributed by atoms with E-state index in [-0.39, 0.29) is 11.8 Å². The van der Waals surface area contributed by atoms with Crippen molar-refractivity contribution >= 4 is 23.4 Å². The predicted molar refractivity (Wildman–Crippen MR) is 149 cm³/mol. The van der Waals surface area contributed by atoms with Crippen LogP contribution in [0.5, 0.6) is 0 Å². The van der Waals surface area contributed by atoms with Gasteiger partial charge in [-0.1, -0.05) is 30.3 Å². The van der Waals surface area contributed by atoms with Gasteiger partial charge in [0.15, 0.2) is 11.6 Å². The molecule has 5 heterocycles.